The molecule has 5 nitrogen and oxygen atoms in total. The largest absolute Gasteiger partial charge is 1.00 e. The molecule has 0 amide bonds. The number of hydrogen-bond donors (Lipinski definition) is 0. The van der Waals surface area contributed by atoms with Crippen molar-refractivity contribution >= 4 is 26.6 Å². The van der Waals surface area contributed by atoms with E-state index >= 15 is 0 Å². The molecule has 0 bridgehead atoms. The van der Waals surface area contributed by atoms with E-state index < -0.39 is 4.92 Å². The third kappa shape index (κ3) is 2.14. The molecule has 0 saturated heterocycles. The quantitative estimate of drug-likeness (QED) is 0.280. The molecule has 1 aliphatic carbocycles. The van der Waals surface area contributed by atoms with Crippen molar-refractivity contribution in [3.63, 3.8) is 0 Å². The van der Waals surface area contributed by atoms with E-state index in [0.717, 1.165) is 4.88 Å². The molecule has 0 spiro atoms. The number of nitro benzene ring substituents is 1. The fourth-order valence-electron chi connectivity index (χ4n) is 1.08. The minimum Gasteiger partial charge on any atom is -1.00 e. The van der Waals surface area contributed by atoms with Crippen molar-refractivity contribution in [1.82, 2.24) is 4.37 Å². The summed E-state index contributed by atoms with van der Waals surface area (Å²) >= 11 is 0. The molecule has 0 aromatic heterocycles. The van der Waals surface area contributed by atoms with Crippen LogP contribution in [0.1, 0.15) is 0 Å². The highest BCUT2D eigenvalue weighted by molar-refractivity contribution is 7.68. The summed E-state index contributed by atoms with van der Waals surface area (Å²) in [4.78, 5) is 11.0. The molecule has 2 aliphatic rings. The summed E-state index contributed by atoms with van der Waals surface area (Å²) in [7, 11) is 4.11. The van der Waals surface area contributed by atoms with Gasteiger partial charge in [0.25, 0.3) is 7.11 Å². The topological polar surface area (TPSA) is 67.3 Å². The Morgan fingerprint density at radius 2 is 2.27 bits per heavy atom. The van der Waals surface area contributed by atoms with Gasteiger partial charge >= 0.3 is 11.1 Å². The number of benzene rings is 1. The molecule has 0 aromatic rings. The maximum Gasteiger partial charge on any atom is 0.351 e. The maximum atomic E-state index is 10.7. The lowest BCUT2D eigenvalue weighted by Gasteiger charge is -1.92. The fraction of sp³-hybridized carbons (Fsp3) is 0.143. The molecule has 0 aromatic carbocycles. The first kappa shape index (κ1) is 12.0. The first-order valence-corrected chi connectivity index (χ1v) is 5.74. The van der Waals surface area contributed by atoms with Gasteiger partial charge in [0.2, 0.25) is 0 Å². The Morgan fingerprint density at radius 3 is 2.87 bits per heavy atom. The molecular weight excluding hydrogens is 260 g/mol. The van der Waals surface area contributed by atoms with E-state index in [4.69, 9.17) is 4.42 Å². The molecule has 1 aliphatic heterocycles. The maximum absolute atomic E-state index is 10.7. The summed E-state index contributed by atoms with van der Waals surface area (Å²) in [6.07, 6.45) is 0. The van der Waals surface area contributed by atoms with E-state index in [2.05, 4.69) is 4.37 Å². The van der Waals surface area contributed by atoms with E-state index in [0.29, 0.717) is 11.1 Å². The number of halogens is 1. The van der Waals surface area contributed by atoms with E-state index in [1.165, 1.54) is 34.1 Å². The van der Waals surface area contributed by atoms with Crippen LogP contribution in [0, 0.1) is 10.1 Å². The van der Waals surface area contributed by atoms with Gasteiger partial charge in [-0.05, 0) is 0 Å². The Labute approximate surface area is 98.2 Å². The molecule has 15 heavy (non-hydrogen) atoms. The van der Waals surface area contributed by atoms with E-state index in [9.17, 15) is 10.1 Å². The van der Waals surface area contributed by atoms with Gasteiger partial charge in [-0.3, -0.25) is 14.5 Å². The molecule has 2 rings (SSSR count). The highest BCUT2D eigenvalue weighted by atomic mass is 35.5. The van der Waals surface area contributed by atoms with Crippen molar-refractivity contribution < 1.29 is 17.3 Å². The zero-order valence-corrected chi connectivity index (χ0v) is 9.86. The normalized spacial score (nSPS) is 11.4. The Balaban J connectivity index is 0.00000112. The van der Waals surface area contributed by atoms with Gasteiger partial charge < -0.3 is 12.4 Å². The van der Waals surface area contributed by atoms with Gasteiger partial charge in [-0.1, -0.05) is 10.3 Å². The average molecular weight is 265 g/mol. The molecule has 0 N–H and O–H groups in total. The number of hydrogen-bond acceptors (Lipinski definition) is 5. The molecular formula is C7H5ClN2O3S2. The van der Waals surface area contributed by atoms with Gasteiger partial charge in [0.05, 0.1) is 15.9 Å². The predicted molar refractivity (Wildman–Crippen MR) is 55.5 cm³/mol. The third-order valence-electron chi connectivity index (χ3n) is 1.72. The van der Waals surface area contributed by atoms with Gasteiger partial charge in [0.1, 0.15) is 6.07 Å². The minimum atomic E-state index is -0.447. The van der Waals surface area contributed by atoms with E-state index in [1.54, 1.807) is 6.07 Å². The average Bonchev–Trinajstić information content (AvgIpc) is 2.63. The Kier molecular flexibility index (Phi) is 3.72. The van der Waals surface area contributed by atoms with Crippen LogP contribution in [0.15, 0.2) is 16.6 Å². The zero-order valence-electron chi connectivity index (χ0n) is 7.47. The summed E-state index contributed by atoms with van der Waals surface area (Å²) in [5.74, 6) is 0. The second-order valence-electron chi connectivity index (χ2n) is 2.50. The second-order valence-corrected chi connectivity index (χ2v) is 4.38. The van der Waals surface area contributed by atoms with Crippen molar-refractivity contribution in [3.8, 4) is 10.6 Å². The predicted octanol–water partition coefficient (Wildman–Crippen LogP) is -1.25. The van der Waals surface area contributed by atoms with Crippen LogP contribution in [0.5, 0.6) is 0 Å². The van der Waals surface area contributed by atoms with Crippen LogP contribution in [0.3, 0.4) is 0 Å². The molecule has 8 heteroatoms. The number of nitrogens with zero attached hydrogens (tertiary/aromatic N) is 2. The van der Waals surface area contributed by atoms with Gasteiger partial charge in [0, 0.05) is 10.5 Å². The van der Waals surface area contributed by atoms with Crippen molar-refractivity contribution in [2.24, 2.45) is 0 Å². The number of rotatable bonds is 1. The first-order valence-electron chi connectivity index (χ1n) is 3.63. The van der Waals surface area contributed by atoms with Crippen molar-refractivity contribution in [2.45, 2.75) is 0 Å². The number of fused-ring (bicyclic) bond motifs is 1. The lowest BCUT2D eigenvalue weighted by molar-refractivity contribution is -0.384. The highest BCUT2D eigenvalue weighted by Crippen LogP contribution is 2.33. The van der Waals surface area contributed by atoms with Crippen molar-refractivity contribution in [2.75, 3.05) is 7.11 Å². The lowest BCUT2D eigenvalue weighted by atomic mass is 10.2. The van der Waals surface area contributed by atoms with Gasteiger partial charge in [-0.25, -0.2) is 0 Å². The van der Waals surface area contributed by atoms with Crippen LogP contribution >= 0.6 is 20.9 Å². The molecule has 0 fully saturated rings. The van der Waals surface area contributed by atoms with Crippen LogP contribution < -0.4 is 17.8 Å². The first-order chi connectivity index (χ1) is 6.72. The van der Waals surface area contributed by atoms with E-state index in [1.807, 2.05) is 0 Å². The minimum absolute atomic E-state index is 0. The Hall–Kier alpha value is -1.05. The summed E-state index contributed by atoms with van der Waals surface area (Å²) in [6.45, 7) is 0. The molecule has 0 unspecified atom stereocenters. The summed E-state index contributed by atoms with van der Waals surface area (Å²) < 4.78 is 8.94. The molecule has 0 saturated carbocycles. The zero-order chi connectivity index (χ0) is 10.1. The summed E-state index contributed by atoms with van der Waals surface area (Å²) in [5.41, 5.74) is 0.920. The second kappa shape index (κ2) is 4.65. The standard InChI is InChI=1S/C7H5N2O3S2.ClH/c1-12-4-2-5(9(10)11)7-6(3-4)13-14-8-7;/h2-3H,1H3;1H/q+1;/p-1. The van der Waals surface area contributed by atoms with Crippen LogP contribution in [-0.2, 0) is 0 Å². The number of nitro groups is 1. The Morgan fingerprint density at radius 1 is 1.53 bits per heavy atom. The van der Waals surface area contributed by atoms with Crippen LogP contribution in [0.2, 0.25) is 0 Å². The Bertz CT molecular complexity index is 521. The summed E-state index contributed by atoms with van der Waals surface area (Å²) in [5, 5.41) is 10.7. The molecule has 80 valence electrons. The third-order valence-corrected chi connectivity index (χ3v) is 3.52. The lowest BCUT2D eigenvalue weighted by Crippen LogP contribution is -3.00. The van der Waals surface area contributed by atoms with Gasteiger partial charge in [0.15, 0.2) is 5.69 Å². The smallest absolute Gasteiger partial charge is 0.351 e. The number of aromatic nitrogens is 1. The molecule has 0 atom stereocenters. The van der Waals surface area contributed by atoms with Crippen molar-refractivity contribution in [1.29, 1.82) is 0 Å². The van der Waals surface area contributed by atoms with Crippen LogP contribution in [0.25, 0.3) is 10.6 Å². The molecule has 1 heterocycles. The van der Waals surface area contributed by atoms with Crippen LogP contribution in [0.4, 0.5) is 5.69 Å². The SMILES string of the molecule is C[O+]=c1cc2ssnc-2c([N+](=O)[O-])c1.[Cl-]. The van der Waals surface area contributed by atoms with Crippen molar-refractivity contribution in [3.05, 3.63) is 32.1 Å². The van der Waals surface area contributed by atoms with Crippen LogP contribution in [-0.4, -0.2) is 16.4 Å². The highest BCUT2D eigenvalue weighted by Gasteiger charge is 2.23. The van der Waals surface area contributed by atoms with E-state index in [-0.39, 0.29) is 18.1 Å². The monoisotopic (exact) mass is 264 g/mol. The fourth-order valence-corrected chi connectivity index (χ4v) is 2.87. The summed E-state index contributed by atoms with van der Waals surface area (Å²) in [6, 6.07) is 3.13. The molecule has 0 radical (unpaired) electrons. The van der Waals surface area contributed by atoms with Gasteiger partial charge in [-0.2, -0.15) is 4.37 Å². The van der Waals surface area contributed by atoms with Gasteiger partial charge in [-0.15, -0.1) is 0 Å².